The fraction of sp³-hybridized carbons (Fsp3) is 0.125. The summed E-state index contributed by atoms with van der Waals surface area (Å²) in [6.45, 7) is 0. The lowest BCUT2D eigenvalue weighted by Gasteiger charge is -2.21. The van der Waals surface area contributed by atoms with Gasteiger partial charge in [0.2, 0.25) is 5.78 Å². The molecular weight excluding hydrogens is 258 g/mol. The van der Waals surface area contributed by atoms with Gasteiger partial charge in [-0.3, -0.25) is 9.59 Å². The Bertz CT molecular complexity index is 672. The van der Waals surface area contributed by atoms with Crippen LogP contribution in [0.2, 0.25) is 0 Å². The summed E-state index contributed by atoms with van der Waals surface area (Å²) >= 11 is 0. The van der Waals surface area contributed by atoms with Crippen molar-refractivity contribution < 1.29 is 19.1 Å². The molecule has 0 N–H and O–H groups in total. The number of hydrogen-bond donors (Lipinski definition) is 0. The minimum absolute atomic E-state index is 0.188. The van der Waals surface area contributed by atoms with Crippen LogP contribution in [0.25, 0.3) is 0 Å². The highest BCUT2D eigenvalue weighted by atomic mass is 16.5. The first kappa shape index (κ1) is 12.4. The van der Waals surface area contributed by atoms with E-state index in [0.717, 1.165) is 0 Å². The van der Waals surface area contributed by atoms with Gasteiger partial charge in [-0.1, -0.05) is 24.3 Å². The van der Waals surface area contributed by atoms with Crippen LogP contribution < -0.4 is 9.47 Å². The molecule has 0 atom stereocenters. The summed E-state index contributed by atoms with van der Waals surface area (Å²) in [5.74, 6) is 0.367. The highest BCUT2D eigenvalue weighted by Gasteiger charge is 2.34. The first-order valence-corrected chi connectivity index (χ1v) is 6.12. The largest absolute Gasteiger partial charge is 0.496 e. The van der Waals surface area contributed by atoms with E-state index in [1.807, 2.05) is 0 Å². The highest BCUT2D eigenvalue weighted by Crippen LogP contribution is 2.36. The van der Waals surface area contributed by atoms with Crippen LogP contribution in [-0.4, -0.2) is 25.8 Å². The quantitative estimate of drug-likeness (QED) is 0.718. The van der Waals surface area contributed by atoms with Crippen molar-refractivity contribution in [3.8, 4) is 11.5 Å². The second-order valence-corrected chi connectivity index (χ2v) is 4.42. The Morgan fingerprint density at radius 2 is 1.30 bits per heavy atom. The van der Waals surface area contributed by atoms with E-state index in [1.165, 1.54) is 14.2 Å². The van der Waals surface area contributed by atoms with Crippen molar-refractivity contribution in [3.63, 3.8) is 0 Å². The van der Waals surface area contributed by atoms with Crippen molar-refractivity contribution in [2.75, 3.05) is 14.2 Å². The number of rotatable bonds is 2. The number of benzene rings is 2. The third-order valence-electron chi connectivity index (χ3n) is 3.44. The smallest absolute Gasteiger partial charge is 0.201 e. The molecule has 0 spiro atoms. The highest BCUT2D eigenvalue weighted by molar-refractivity contribution is 6.30. The lowest BCUT2D eigenvalue weighted by molar-refractivity contribution is 0.0974. The van der Waals surface area contributed by atoms with Crippen LogP contribution in [0.15, 0.2) is 36.4 Å². The molecule has 0 radical (unpaired) electrons. The molecule has 1 aliphatic rings. The number of methoxy groups -OCH3 is 2. The van der Waals surface area contributed by atoms with E-state index in [9.17, 15) is 9.59 Å². The molecule has 0 aromatic heterocycles. The Balaban J connectivity index is 2.34. The van der Waals surface area contributed by atoms with Gasteiger partial charge in [-0.15, -0.1) is 0 Å². The Morgan fingerprint density at radius 3 is 1.70 bits per heavy atom. The summed E-state index contributed by atoms with van der Waals surface area (Å²) in [7, 11) is 2.95. The fourth-order valence-electron chi connectivity index (χ4n) is 2.52. The van der Waals surface area contributed by atoms with Gasteiger partial charge in [0.05, 0.1) is 25.3 Å². The van der Waals surface area contributed by atoms with E-state index >= 15 is 0 Å². The second kappa shape index (κ2) is 4.49. The number of ketones is 2. The monoisotopic (exact) mass is 270 g/mol. The summed E-state index contributed by atoms with van der Waals surface area (Å²) in [5.41, 5.74) is 1.35. The summed E-state index contributed by atoms with van der Waals surface area (Å²) in [5, 5.41) is 0. The second-order valence-electron chi connectivity index (χ2n) is 4.42. The third-order valence-corrected chi connectivity index (χ3v) is 3.44. The predicted molar refractivity (Wildman–Crippen MR) is 72.9 cm³/mol. The fourth-order valence-corrected chi connectivity index (χ4v) is 2.52. The lowest BCUT2D eigenvalue weighted by atomic mass is 9.94. The minimum Gasteiger partial charge on any atom is -0.496 e. The molecule has 0 saturated heterocycles. The predicted octanol–water partition coefficient (Wildman–Crippen LogP) is 2.48. The zero-order valence-corrected chi connectivity index (χ0v) is 11.1. The number of fused-ring (bicyclic) bond motifs is 2. The van der Waals surface area contributed by atoms with Gasteiger partial charge in [0.15, 0.2) is 5.78 Å². The Labute approximate surface area is 115 Å². The molecule has 0 amide bonds. The van der Waals surface area contributed by atoms with Crippen molar-refractivity contribution in [2.24, 2.45) is 0 Å². The molecule has 0 aliphatic heterocycles. The summed E-state index contributed by atoms with van der Waals surface area (Å²) in [4.78, 5) is 25.2. The molecule has 2 aromatic rings. The van der Waals surface area contributed by atoms with Gasteiger partial charge in [0.1, 0.15) is 11.5 Å². The molecule has 4 heteroatoms. The molecule has 20 heavy (non-hydrogen) atoms. The SMILES string of the molecule is COc1cccc2c1C(=O)c1c(OC)cccc1[14C]2=O. The van der Waals surface area contributed by atoms with Crippen LogP contribution in [-0.2, 0) is 0 Å². The first-order chi connectivity index (χ1) is 9.69. The summed E-state index contributed by atoms with van der Waals surface area (Å²) < 4.78 is 10.4. The topological polar surface area (TPSA) is 52.6 Å². The van der Waals surface area contributed by atoms with Gasteiger partial charge in [0, 0.05) is 11.1 Å². The van der Waals surface area contributed by atoms with Crippen molar-refractivity contribution in [1.82, 2.24) is 0 Å². The molecular formula is C16H12O4. The van der Waals surface area contributed by atoms with Gasteiger partial charge in [-0.25, -0.2) is 0 Å². The maximum atomic E-state index is 12.7. The van der Waals surface area contributed by atoms with Crippen molar-refractivity contribution in [3.05, 3.63) is 58.7 Å². The number of hydrogen-bond acceptors (Lipinski definition) is 4. The molecule has 1 aliphatic carbocycles. The Hall–Kier alpha value is -2.62. The maximum absolute atomic E-state index is 12.7. The van der Waals surface area contributed by atoms with Gasteiger partial charge in [-0.2, -0.15) is 0 Å². The third kappa shape index (κ3) is 1.54. The maximum Gasteiger partial charge on any atom is 0.201 e. The Morgan fingerprint density at radius 1 is 0.850 bits per heavy atom. The average Bonchev–Trinajstić information content (AvgIpc) is 2.50. The number of carbonyl (C=O) groups excluding carboxylic acids is 2. The van der Waals surface area contributed by atoms with E-state index in [2.05, 4.69) is 0 Å². The standard InChI is InChI=1S/C16H12O4/c1-19-11-7-3-5-9-13(11)16(18)14-10(15(9)17)6-4-8-12(14)20-2/h3-8H,1-2H3/i15+2. The minimum atomic E-state index is -0.246. The van der Waals surface area contributed by atoms with Crippen molar-refractivity contribution in [1.29, 1.82) is 0 Å². The van der Waals surface area contributed by atoms with Gasteiger partial charge in [-0.05, 0) is 12.1 Å². The van der Waals surface area contributed by atoms with E-state index < -0.39 is 0 Å². The molecule has 0 heterocycles. The number of carbonyl (C=O) groups is 2. The van der Waals surface area contributed by atoms with E-state index in [-0.39, 0.29) is 11.6 Å². The molecule has 0 unspecified atom stereocenters. The molecule has 0 bridgehead atoms. The first-order valence-electron chi connectivity index (χ1n) is 6.12. The van der Waals surface area contributed by atoms with E-state index in [1.54, 1.807) is 36.4 Å². The normalized spacial score (nSPS) is 12.7. The van der Waals surface area contributed by atoms with Crippen LogP contribution >= 0.6 is 0 Å². The van der Waals surface area contributed by atoms with E-state index in [4.69, 9.17) is 9.47 Å². The zero-order chi connectivity index (χ0) is 14.3. The summed E-state index contributed by atoms with van der Waals surface area (Å²) in [6.07, 6.45) is 0. The van der Waals surface area contributed by atoms with E-state index in [0.29, 0.717) is 33.8 Å². The van der Waals surface area contributed by atoms with Crippen LogP contribution in [0.1, 0.15) is 31.8 Å². The molecule has 3 rings (SSSR count). The molecule has 2 aromatic carbocycles. The number of ether oxygens (including phenoxy) is 2. The van der Waals surface area contributed by atoms with Gasteiger partial charge < -0.3 is 9.47 Å². The van der Waals surface area contributed by atoms with Gasteiger partial charge >= 0.3 is 0 Å². The van der Waals surface area contributed by atoms with Crippen LogP contribution in [0.5, 0.6) is 11.5 Å². The average molecular weight is 270 g/mol. The van der Waals surface area contributed by atoms with Crippen LogP contribution in [0.3, 0.4) is 0 Å². The van der Waals surface area contributed by atoms with Crippen molar-refractivity contribution >= 4 is 11.6 Å². The summed E-state index contributed by atoms with van der Waals surface area (Å²) in [6, 6.07) is 10.0. The molecule has 4 nitrogen and oxygen atoms in total. The molecule has 0 fully saturated rings. The molecule has 0 saturated carbocycles. The van der Waals surface area contributed by atoms with Crippen LogP contribution in [0, 0.1) is 0 Å². The Kier molecular flexibility index (Phi) is 2.79. The van der Waals surface area contributed by atoms with Crippen LogP contribution in [0.4, 0.5) is 0 Å². The van der Waals surface area contributed by atoms with Crippen molar-refractivity contribution in [2.45, 2.75) is 0 Å². The van der Waals surface area contributed by atoms with Gasteiger partial charge in [0.25, 0.3) is 0 Å². The zero-order valence-electron chi connectivity index (χ0n) is 11.1. The molecule has 100 valence electrons. The lowest BCUT2D eigenvalue weighted by Crippen LogP contribution is -2.22.